The molecule has 2 heterocycles. The predicted molar refractivity (Wildman–Crippen MR) is 90.6 cm³/mol. The molecule has 2 aliphatic rings. The molecule has 2 aliphatic heterocycles. The second-order valence-electron chi connectivity index (χ2n) is 6.86. The molecule has 7 heteroatoms. The third-order valence-electron chi connectivity index (χ3n) is 5.08. The lowest BCUT2D eigenvalue weighted by Gasteiger charge is -2.37. The Morgan fingerprint density at radius 1 is 1.32 bits per heavy atom. The molecule has 136 valence electrons. The van der Waals surface area contributed by atoms with Gasteiger partial charge in [0.25, 0.3) is 0 Å². The third kappa shape index (κ3) is 3.70. The highest BCUT2D eigenvalue weighted by atomic mass is 19.1. The van der Waals surface area contributed by atoms with Gasteiger partial charge in [-0.3, -0.25) is 0 Å². The van der Waals surface area contributed by atoms with E-state index in [-0.39, 0.29) is 24.0 Å². The van der Waals surface area contributed by atoms with Crippen LogP contribution in [-0.2, 0) is 4.74 Å². The first-order chi connectivity index (χ1) is 11.9. The molecule has 25 heavy (non-hydrogen) atoms. The molecular weight excluding hydrogens is 325 g/mol. The molecule has 0 saturated carbocycles. The van der Waals surface area contributed by atoms with Crippen molar-refractivity contribution in [1.29, 1.82) is 0 Å². The summed E-state index contributed by atoms with van der Waals surface area (Å²) in [5.74, 6) is -0.290. The summed E-state index contributed by atoms with van der Waals surface area (Å²) in [6.45, 7) is 3.65. The van der Waals surface area contributed by atoms with Crippen molar-refractivity contribution in [2.75, 3.05) is 26.7 Å². The van der Waals surface area contributed by atoms with Crippen LogP contribution < -0.4 is 5.32 Å². The molecule has 6 nitrogen and oxygen atoms in total. The fourth-order valence-corrected chi connectivity index (χ4v) is 3.53. The lowest BCUT2D eigenvalue weighted by atomic mass is 9.91. The molecule has 1 atom stereocenters. The first kappa shape index (κ1) is 17.5. The number of piperidine rings is 1. The summed E-state index contributed by atoms with van der Waals surface area (Å²) < 4.78 is 18.6. The number of rotatable bonds is 3. The molecule has 1 aromatic carbocycles. The molecule has 1 spiro atoms. The average molecular weight is 349 g/mol. The van der Waals surface area contributed by atoms with Crippen molar-refractivity contribution >= 4 is 12.1 Å². The third-order valence-corrected chi connectivity index (χ3v) is 5.08. The second kappa shape index (κ2) is 6.90. The van der Waals surface area contributed by atoms with E-state index < -0.39 is 5.60 Å². The number of carbonyl (C=O) groups is 2. The van der Waals surface area contributed by atoms with Crippen LogP contribution in [-0.4, -0.2) is 54.2 Å². The Morgan fingerprint density at radius 3 is 2.48 bits per heavy atom. The molecule has 0 aromatic heterocycles. The minimum absolute atomic E-state index is 0.135. The van der Waals surface area contributed by atoms with Crippen molar-refractivity contribution < 1.29 is 18.7 Å². The maximum Gasteiger partial charge on any atom is 0.410 e. The Kier molecular flexibility index (Phi) is 4.83. The van der Waals surface area contributed by atoms with Gasteiger partial charge in [-0.15, -0.1) is 0 Å². The summed E-state index contributed by atoms with van der Waals surface area (Å²) in [4.78, 5) is 27.5. The number of nitrogens with zero attached hydrogens (tertiary/aromatic N) is 2. The van der Waals surface area contributed by atoms with Crippen LogP contribution in [0.5, 0.6) is 0 Å². The highest BCUT2D eigenvalue weighted by Crippen LogP contribution is 2.32. The fraction of sp³-hybridized carbons (Fsp3) is 0.556. The minimum atomic E-state index is -0.455. The summed E-state index contributed by atoms with van der Waals surface area (Å²) >= 11 is 0. The van der Waals surface area contributed by atoms with E-state index in [2.05, 4.69) is 5.32 Å². The fourth-order valence-electron chi connectivity index (χ4n) is 3.53. The molecule has 0 bridgehead atoms. The number of benzene rings is 1. The van der Waals surface area contributed by atoms with E-state index in [4.69, 9.17) is 4.74 Å². The molecule has 1 aromatic rings. The summed E-state index contributed by atoms with van der Waals surface area (Å²) in [5.41, 5.74) is 0.432. The van der Waals surface area contributed by atoms with Crippen LogP contribution in [0, 0.1) is 5.82 Å². The number of hydrogen-bond acceptors (Lipinski definition) is 3. The van der Waals surface area contributed by atoms with Crippen molar-refractivity contribution in [3.05, 3.63) is 35.6 Å². The van der Waals surface area contributed by atoms with Gasteiger partial charge in [0.15, 0.2) is 0 Å². The second-order valence-corrected chi connectivity index (χ2v) is 6.86. The van der Waals surface area contributed by atoms with Crippen molar-refractivity contribution in [1.82, 2.24) is 15.1 Å². The molecule has 1 unspecified atom stereocenters. The van der Waals surface area contributed by atoms with E-state index in [1.807, 2.05) is 6.92 Å². The van der Waals surface area contributed by atoms with Gasteiger partial charge in [-0.1, -0.05) is 19.1 Å². The number of likely N-dealkylation sites (tertiary alicyclic amines) is 1. The summed E-state index contributed by atoms with van der Waals surface area (Å²) in [5, 5.41) is 3.02. The normalized spacial score (nSPS) is 20.5. The number of carbonyl (C=O) groups excluding carboxylic acids is 2. The van der Waals surface area contributed by atoms with Gasteiger partial charge < -0.3 is 19.9 Å². The first-order valence-corrected chi connectivity index (χ1v) is 8.67. The number of urea groups is 1. The molecule has 0 radical (unpaired) electrons. The lowest BCUT2D eigenvalue weighted by molar-refractivity contribution is 0.00941. The molecular formula is C18H24FN3O3. The van der Waals surface area contributed by atoms with Crippen molar-refractivity contribution in [2.45, 2.75) is 37.8 Å². The Balaban J connectivity index is 1.57. The highest BCUT2D eigenvalue weighted by molar-refractivity contribution is 5.75. The molecule has 1 N–H and O–H groups in total. The van der Waals surface area contributed by atoms with E-state index in [1.165, 1.54) is 12.1 Å². The van der Waals surface area contributed by atoms with Crippen LogP contribution in [0.2, 0.25) is 0 Å². The number of likely N-dealkylation sites (N-methyl/N-ethyl adjacent to an activating group) is 1. The molecule has 0 aliphatic carbocycles. The van der Waals surface area contributed by atoms with Crippen LogP contribution in [0.3, 0.4) is 0 Å². The molecule has 3 amide bonds. The van der Waals surface area contributed by atoms with E-state index in [9.17, 15) is 14.0 Å². The van der Waals surface area contributed by atoms with Crippen LogP contribution in [0.4, 0.5) is 14.0 Å². The quantitative estimate of drug-likeness (QED) is 0.913. The Labute approximate surface area is 146 Å². The topological polar surface area (TPSA) is 61.9 Å². The maximum atomic E-state index is 13.1. The number of nitrogens with one attached hydrogen (secondary N) is 1. The van der Waals surface area contributed by atoms with Gasteiger partial charge in [0, 0.05) is 33.0 Å². The molecule has 3 rings (SSSR count). The van der Waals surface area contributed by atoms with E-state index >= 15 is 0 Å². The standard InChI is InChI=1S/C18H24FN3O3/c1-3-15(13-4-6-14(19)7-5-13)20-16(23)22-10-8-18(9-11-22)12-21(2)17(24)25-18/h4-7,15H,3,8-12H2,1-2H3,(H,20,23). The maximum absolute atomic E-state index is 13.1. The number of halogens is 1. The number of ether oxygens (including phenoxy) is 1. The van der Waals surface area contributed by atoms with Crippen LogP contribution >= 0.6 is 0 Å². The van der Waals surface area contributed by atoms with E-state index in [0.717, 1.165) is 12.0 Å². The zero-order valence-corrected chi connectivity index (χ0v) is 14.6. The summed E-state index contributed by atoms with van der Waals surface area (Å²) in [7, 11) is 1.73. The summed E-state index contributed by atoms with van der Waals surface area (Å²) in [6.07, 6.45) is 1.71. The smallest absolute Gasteiger partial charge is 0.410 e. The van der Waals surface area contributed by atoms with Gasteiger partial charge in [0.05, 0.1) is 12.6 Å². The van der Waals surface area contributed by atoms with Crippen LogP contribution in [0.1, 0.15) is 37.8 Å². The van der Waals surface area contributed by atoms with Crippen molar-refractivity contribution in [3.63, 3.8) is 0 Å². The highest BCUT2D eigenvalue weighted by Gasteiger charge is 2.46. The Hall–Kier alpha value is -2.31. The zero-order chi connectivity index (χ0) is 18.0. The van der Waals surface area contributed by atoms with Gasteiger partial charge in [0.1, 0.15) is 11.4 Å². The van der Waals surface area contributed by atoms with Gasteiger partial charge in [-0.2, -0.15) is 0 Å². The monoisotopic (exact) mass is 349 g/mol. The summed E-state index contributed by atoms with van der Waals surface area (Å²) in [6, 6.07) is 5.91. The average Bonchev–Trinajstić information content (AvgIpc) is 2.87. The van der Waals surface area contributed by atoms with Crippen LogP contribution in [0.15, 0.2) is 24.3 Å². The first-order valence-electron chi connectivity index (χ1n) is 8.67. The minimum Gasteiger partial charge on any atom is -0.441 e. The zero-order valence-electron chi connectivity index (χ0n) is 14.6. The van der Waals surface area contributed by atoms with E-state index in [0.29, 0.717) is 32.5 Å². The SMILES string of the molecule is CCC(NC(=O)N1CCC2(CC1)CN(C)C(=O)O2)c1ccc(F)cc1. The molecule has 2 saturated heterocycles. The Bertz CT molecular complexity index is 641. The molecule has 2 fully saturated rings. The van der Waals surface area contributed by atoms with Crippen molar-refractivity contribution in [3.8, 4) is 0 Å². The van der Waals surface area contributed by atoms with Crippen LogP contribution in [0.25, 0.3) is 0 Å². The predicted octanol–water partition coefficient (Wildman–Crippen LogP) is 2.90. The van der Waals surface area contributed by atoms with Gasteiger partial charge in [-0.05, 0) is 24.1 Å². The van der Waals surface area contributed by atoms with Gasteiger partial charge in [0.2, 0.25) is 0 Å². The van der Waals surface area contributed by atoms with Gasteiger partial charge in [-0.25, -0.2) is 14.0 Å². The van der Waals surface area contributed by atoms with Gasteiger partial charge >= 0.3 is 12.1 Å². The largest absolute Gasteiger partial charge is 0.441 e. The number of amides is 3. The Morgan fingerprint density at radius 2 is 1.96 bits per heavy atom. The number of hydrogen-bond donors (Lipinski definition) is 1. The van der Waals surface area contributed by atoms with E-state index in [1.54, 1.807) is 29.0 Å². The lowest BCUT2D eigenvalue weighted by Crippen LogP contribution is -2.51. The van der Waals surface area contributed by atoms with Crippen molar-refractivity contribution in [2.24, 2.45) is 0 Å².